The number of carbonyl (C=O) groups is 1. The minimum absolute atomic E-state index is 0.00849. The fraction of sp³-hybridized carbons (Fsp3) is 0.333. The zero-order chi connectivity index (χ0) is 15.8. The maximum Gasteiger partial charge on any atom is 0.443 e. The lowest BCUT2D eigenvalue weighted by Crippen LogP contribution is -2.11. The molecule has 0 fully saturated rings. The van der Waals surface area contributed by atoms with E-state index in [9.17, 15) is 18.0 Å². The number of hydrogen-bond acceptors (Lipinski definition) is 3. The molecule has 1 aromatic carbocycles. The van der Waals surface area contributed by atoms with Crippen LogP contribution < -0.4 is 0 Å². The Kier molecular flexibility index (Phi) is 3.93. The molecule has 0 atom stereocenters. The quantitative estimate of drug-likeness (QED) is 0.753. The van der Waals surface area contributed by atoms with Crippen molar-refractivity contribution in [3.63, 3.8) is 0 Å². The highest BCUT2D eigenvalue weighted by Crippen LogP contribution is 2.33. The first kappa shape index (κ1) is 15.7. The monoisotopic (exact) mass is 313 g/mol. The van der Waals surface area contributed by atoms with Gasteiger partial charge >= 0.3 is 6.18 Å². The first-order valence-corrected chi connectivity index (χ1v) is 7.09. The van der Waals surface area contributed by atoms with Gasteiger partial charge in [0.25, 0.3) is 0 Å². The smallest absolute Gasteiger partial charge is 0.288 e. The van der Waals surface area contributed by atoms with Crippen LogP contribution in [0.4, 0.5) is 13.2 Å². The normalized spacial score (nSPS) is 12.5. The van der Waals surface area contributed by atoms with E-state index in [1.165, 1.54) is 0 Å². The summed E-state index contributed by atoms with van der Waals surface area (Å²) in [6.45, 7) is 6.13. The lowest BCUT2D eigenvalue weighted by molar-refractivity contribution is -0.137. The van der Waals surface area contributed by atoms with Crippen LogP contribution in [-0.2, 0) is 11.6 Å². The average molecular weight is 313 g/mol. The molecule has 0 bridgehead atoms. The van der Waals surface area contributed by atoms with Gasteiger partial charge in [0.1, 0.15) is 0 Å². The van der Waals surface area contributed by atoms with Gasteiger partial charge in [-0.15, -0.1) is 11.3 Å². The highest BCUT2D eigenvalue weighted by atomic mass is 32.1. The highest BCUT2D eigenvalue weighted by Gasteiger charge is 2.35. The van der Waals surface area contributed by atoms with Crippen molar-refractivity contribution in [2.75, 3.05) is 0 Å². The Bertz CT molecular complexity index is 651. The number of halogens is 3. The number of hydrogen-bond donors (Lipinski definition) is 0. The van der Waals surface area contributed by atoms with Crippen LogP contribution in [0.25, 0.3) is 0 Å². The second kappa shape index (κ2) is 5.26. The van der Waals surface area contributed by atoms with Crippen LogP contribution in [0.2, 0.25) is 0 Å². The standard InChI is InChI=1S/C15H14F3NOS/c1-14(2,3)10-6-4-9(5-7-10)12(20)11-8-19-13(21-11)15(16,17)18/h4-8H,1-3H3. The molecule has 0 saturated carbocycles. The summed E-state index contributed by atoms with van der Waals surface area (Å²) in [4.78, 5) is 15.4. The summed E-state index contributed by atoms with van der Waals surface area (Å²) in [6.07, 6.45) is -3.53. The fourth-order valence-electron chi connectivity index (χ4n) is 1.77. The van der Waals surface area contributed by atoms with E-state index >= 15 is 0 Å². The van der Waals surface area contributed by atoms with Crippen LogP contribution in [0, 0.1) is 0 Å². The van der Waals surface area contributed by atoms with E-state index in [4.69, 9.17) is 0 Å². The van der Waals surface area contributed by atoms with Crippen molar-refractivity contribution in [1.82, 2.24) is 4.98 Å². The van der Waals surface area contributed by atoms with Crippen molar-refractivity contribution in [3.05, 3.63) is 51.5 Å². The molecule has 112 valence electrons. The van der Waals surface area contributed by atoms with Gasteiger partial charge in [-0.3, -0.25) is 4.79 Å². The number of nitrogens with zero attached hydrogens (tertiary/aromatic N) is 1. The Morgan fingerprint density at radius 1 is 1.10 bits per heavy atom. The van der Waals surface area contributed by atoms with E-state index in [2.05, 4.69) is 4.98 Å². The predicted molar refractivity (Wildman–Crippen MR) is 75.7 cm³/mol. The molecule has 2 rings (SSSR count). The lowest BCUT2D eigenvalue weighted by Gasteiger charge is -2.18. The molecule has 1 heterocycles. The van der Waals surface area contributed by atoms with Gasteiger partial charge in [-0.1, -0.05) is 45.0 Å². The molecular formula is C15H14F3NOS. The maximum absolute atomic E-state index is 12.5. The third kappa shape index (κ3) is 3.50. The Labute approximate surface area is 124 Å². The minimum Gasteiger partial charge on any atom is -0.288 e. The molecule has 0 saturated heterocycles. The Morgan fingerprint density at radius 2 is 1.67 bits per heavy atom. The van der Waals surface area contributed by atoms with Crippen molar-refractivity contribution in [3.8, 4) is 0 Å². The van der Waals surface area contributed by atoms with Gasteiger partial charge in [-0.05, 0) is 11.0 Å². The Morgan fingerprint density at radius 3 is 2.10 bits per heavy atom. The second-order valence-electron chi connectivity index (χ2n) is 5.68. The number of thiazole rings is 1. The van der Waals surface area contributed by atoms with Crippen molar-refractivity contribution in [1.29, 1.82) is 0 Å². The molecule has 6 heteroatoms. The summed E-state index contributed by atoms with van der Waals surface area (Å²) in [5, 5.41) is -1.00. The zero-order valence-electron chi connectivity index (χ0n) is 11.8. The SMILES string of the molecule is CC(C)(C)c1ccc(C(=O)c2cnc(C(F)(F)F)s2)cc1. The number of rotatable bonds is 2. The molecule has 2 nitrogen and oxygen atoms in total. The summed E-state index contributed by atoms with van der Waals surface area (Å²) in [6, 6.07) is 6.91. The first-order chi connectivity index (χ1) is 9.59. The van der Waals surface area contributed by atoms with Gasteiger partial charge < -0.3 is 0 Å². The van der Waals surface area contributed by atoms with E-state index < -0.39 is 17.0 Å². The van der Waals surface area contributed by atoms with Gasteiger partial charge in [0.2, 0.25) is 5.78 Å². The Hall–Kier alpha value is -1.69. The summed E-state index contributed by atoms with van der Waals surface area (Å²) >= 11 is 0.367. The van der Waals surface area contributed by atoms with E-state index in [-0.39, 0.29) is 10.3 Å². The number of alkyl halides is 3. The molecule has 0 aliphatic carbocycles. The molecule has 0 unspecified atom stereocenters. The van der Waals surface area contributed by atoms with E-state index in [1.807, 2.05) is 32.9 Å². The number of carbonyl (C=O) groups excluding carboxylic acids is 1. The molecule has 0 aliphatic heterocycles. The predicted octanol–water partition coefficient (Wildman–Crippen LogP) is 4.69. The average Bonchev–Trinajstić information content (AvgIpc) is 2.86. The van der Waals surface area contributed by atoms with Gasteiger partial charge in [0.15, 0.2) is 5.01 Å². The van der Waals surface area contributed by atoms with Crippen molar-refractivity contribution in [2.24, 2.45) is 0 Å². The number of benzene rings is 1. The van der Waals surface area contributed by atoms with Crippen LogP contribution in [0.3, 0.4) is 0 Å². The molecule has 21 heavy (non-hydrogen) atoms. The largest absolute Gasteiger partial charge is 0.443 e. The molecule has 0 spiro atoms. The first-order valence-electron chi connectivity index (χ1n) is 6.27. The summed E-state index contributed by atoms with van der Waals surface area (Å²) < 4.78 is 37.5. The summed E-state index contributed by atoms with van der Waals surface area (Å²) in [5.74, 6) is -0.441. The molecule has 0 radical (unpaired) electrons. The molecule has 1 aromatic heterocycles. The topological polar surface area (TPSA) is 30.0 Å². The summed E-state index contributed by atoms with van der Waals surface area (Å²) in [5.41, 5.74) is 1.37. The zero-order valence-corrected chi connectivity index (χ0v) is 12.6. The van der Waals surface area contributed by atoms with E-state index in [1.54, 1.807) is 12.1 Å². The van der Waals surface area contributed by atoms with Crippen molar-refractivity contribution >= 4 is 17.1 Å². The molecule has 0 aliphatic rings. The Balaban J connectivity index is 2.26. The van der Waals surface area contributed by atoms with Crippen LogP contribution in [0.1, 0.15) is 46.6 Å². The van der Waals surface area contributed by atoms with Crippen molar-refractivity contribution < 1.29 is 18.0 Å². The van der Waals surface area contributed by atoms with Gasteiger partial charge in [0.05, 0.1) is 4.88 Å². The third-order valence-electron chi connectivity index (χ3n) is 2.99. The van der Waals surface area contributed by atoms with Crippen LogP contribution in [0.15, 0.2) is 30.5 Å². The molecule has 0 amide bonds. The minimum atomic E-state index is -4.51. The second-order valence-corrected chi connectivity index (χ2v) is 6.71. The van der Waals surface area contributed by atoms with Crippen LogP contribution in [-0.4, -0.2) is 10.8 Å². The fourth-order valence-corrected chi connectivity index (χ4v) is 2.52. The number of aromatic nitrogens is 1. The maximum atomic E-state index is 12.5. The molecular weight excluding hydrogens is 299 g/mol. The van der Waals surface area contributed by atoms with Crippen LogP contribution in [0.5, 0.6) is 0 Å². The molecule has 0 N–H and O–H groups in total. The van der Waals surface area contributed by atoms with Gasteiger partial charge in [-0.25, -0.2) is 4.98 Å². The van der Waals surface area contributed by atoms with Crippen molar-refractivity contribution in [2.45, 2.75) is 32.4 Å². The van der Waals surface area contributed by atoms with Crippen LogP contribution >= 0.6 is 11.3 Å². The van der Waals surface area contributed by atoms with Gasteiger partial charge in [0, 0.05) is 11.8 Å². The third-order valence-corrected chi connectivity index (χ3v) is 4.03. The lowest BCUT2D eigenvalue weighted by atomic mass is 9.86. The molecule has 2 aromatic rings. The number of ketones is 1. The van der Waals surface area contributed by atoms with Gasteiger partial charge in [-0.2, -0.15) is 13.2 Å². The van der Waals surface area contributed by atoms with E-state index in [0.29, 0.717) is 16.9 Å². The van der Waals surface area contributed by atoms with E-state index in [0.717, 1.165) is 11.8 Å². The highest BCUT2D eigenvalue weighted by molar-refractivity contribution is 7.13. The summed E-state index contributed by atoms with van der Waals surface area (Å²) in [7, 11) is 0.